The van der Waals surface area contributed by atoms with Crippen molar-refractivity contribution in [1.29, 1.82) is 0 Å². The van der Waals surface area contributed by atoms with Crippen molar-refractivity contribution in [3.8, 4) is 5.75 Å². The van der Waals surface area contributed by atoms with Crippen molar-refractivity contribution >= 4 is 35.6 Å². The Morgan fingerprint density at radius 1 is 1.17 bits per heavy atom. The van der Waals surface area contributed by atoms with E-state index in [-0.39, 0.29) is 18.3 Å². The number of pyridine rings is 1. The molecule has 0 fully saturated rings. The lowest BCUT2D eigenvalue weighted by Crippen LogP contribution is -2.22. The maximum atomic E-state index is 12.8. The largest absolute Gasteiger partial charge is 0.493 e. The SMILES string of the molecule is CCN(CC)Cc1ccc(NC(=O)c2cc(C)n(Cc3cc(Cl)ccc3OCC(C)C)n2)cn1.Cl. The first-order valence-electron chi connectivity index (χ1n) is 11.7. The van der Waals surface area contributed by atoms with Crippen LogP contribution in [0.1, 0.15) is 55.1 Å². The van der Waals surface area contributed by atoms with Crippen LogP contribution in [0, 0.1) is 12.8 Å². The van der Waals surface area contributed by atoms with Gasteiger partial charge in [0, 0.05) is 22.8 Å². The van der Waals surface area contributed by atoms with Gasteiger partial charge in [-0.3, -0.25) is 19.4 Å². The van der Waals surface area contributed by atoms with Crippen LogP contribution in [0.25, 0.3) is 0 Å². The molecule has 0 aliphatic carbocycles. The number of hydrogen-bond acceptors (Lipinski definition) is 5. The van der Waals surface area contributed by atoms with Crippen molar-refractivity contribution in [1.82, 2.24) is 19.7 Å². The highest BCUT2D eigenvalue weighted by atomic mass is 35.5. The van der Waals surface area contributed by atoms with E-state index in [0.29, 0.717) is 35.5 Å². The number of halogens is 2. The number of ether oxygens (including phenoxy) is 1. The van der Waals surface area contributed by atoms with Gasteiger partial charge < -0.3 is 10.1 Å². The highest BCUT2D eigenvalue weighted by molar-refractivity contribution is 6.30. The second-order valence-electron chi connectivity index (χ2n) is 8.74. The minimum absolute atomic E-state index is 0. The maximum absolute atomic E-state index is 12.8. The molecule has 2 aromatic heterocycles. The molecule has 35 heavy (non-hydrogen) atoms. The Hall–Kier alpha value is -2.61. The minimum atomic E-state index is -0.275. The second-order valence-corrected chi connectivity index (χ2v) is 9.18. The Balaban J connectivity index is 0.00000432. The van der Waals surface area contributed by atoms with Crippen molar-refractivity contribution in [2.45, 2.75) is 47.7 Å². The topological polar surface area (TPSA) is 72.3 Å². The summed E-state index contributed by atoms with van der Waals surface area (Å²) in [4.78, 5) is 19.6. The van der Waals surface area contributed by atoms with Crippen molar-refractivity contribution in [3.63, 3.8) is 0 Å². The number of amides is 1. The summed E-state index contributed by atoms with van der Waals surface area (Å²) in [7, 11) is 0. The third-order valence-corrected chi connectivity index (χ3v) is 5.73. The third-order valence-electron chi connectivity index (χ3n) is 5.49. The van der Waals surface area contributed by atoms with Gasteiger partial charge in [0.25, 0.3) is 5.91 Å². The zero-order valence-corrected chi connectivity index (χ0v) is 22.6. The molecule has 0 atom stereocenters. The smallest absolute Gasteiger partial charge is 0.276 e. The first-order chi connectivity index (χ1) is 16.3. The van der Waals surface area contributed by atoms with Gasteiger partial charge in [0.1, 0.15) is 5.75 Å². The van der Waals surface area contributed by atoms with E-state index in [0.717, 1.165) is 42.3 Å². The van der Waals surface area contributed by atoms with Crippen molar-refractivity contribution in [2.24, 2.45) is 5.92 Å². The molecule has 0 aliphatic rings. The Kier molecular flexibility index (Phi) is 11.0. The van der Waals surface area contributed by atoms with E-state index in [1.807, 2.05) is 37.3 Å². The van der Waals surface area contributed by atoms with Crippen molar-refractivity contribution < 1.29 is 9.53 Å². The molecule has 0 saturated carbocycles. The molecule has 0 aliphatic heterocycles. The Bertz CT molecular complexity index is 1100. The van der Waals surface area contributed by atoms with Crippen LogP contribution in [-0.2, 0) is 13.1 Å². The van der Waals surface area contributed by atoms with Gasteiger partial charge in [-0.1, -0.05) is 39.3 Å². The summed E-state index contributed by atoms with van der Waals surface area (Å²) in [5, 5.41) is 8.04. The molecule has 9 heteroatoms. The van der Waals surface area contributed by atoms with Gasteiger partial charge >= 0.3 is 0 Å². The molecule has 0 saturated heterocycles. The van der Waals surface area contributed by atoms with Crippen LogP contribution in [0.15, 0.2) is 42.6 Å². The number of anilines is 1. The Labute approximate surface area is 219 Å². The molecule has 0 unspecified atom stereocenters. The van der Waals surface area contributed by atoms with Gasteiger partial charge in [-0.05, 0) is 62.3 Å². The average Bonchev–Trinajstić information content (AvgIpc) is 3.18. The van der Waals surface area contributed by atoms with E-state index < -0.39 is 0 Å². The monoisotopic (exact) mass is 519 g/mol. The molecule has 3 aromatic rings. The molecular formula is C26H35Cl2N5O2. The van der Waals surface area contributed by atoms with Gasteiger partial charge in [-0.25, -0.2) is 0 Å². The average molecular weight is 521 g/mol. The molecule has 1 N–H and O–H groups in total. The van der Waals surface area contributed by atoms with E-state index in [1.54, 1.807) is 16.9 Å². The van der Waals surface area contributed by atoms with Crippen LogP contribution in [-0.4, -0.2) is 45.3 Å². The fraction of sp³-hybridized carbons (Fsp3) is 0.423. The number of carbonyl (C=O) groups excluding carboxylic acids is 1. The molecule has 0 radical (unpaired) electrons. The normalized spacial score (nSPS) is 11.0. The van der Waals surface area contributed by atoms with Crippen LogP contribution < -0.4 is 10.1 Å². The van der Waals surface area contributed by atoms with Crippen LogP contribution in [0.5, 0.6) is 5.75 Å². The van der Waals surface area contributed by atoms with Gasteiger partial charge in [-0.2, -0.15) is 5.10 Å². The molecule has 1 amide bonds. The fourth-order valence-electron chi connectivity index (χ4n) is 3.47. The van der Waals surface area contributed by atoms with E-state index in [1.165, 1.54) is 0 Å². The van der Waals surface area contributed by atoms with Crippen molar-refractivity contribution in [3.05, 3.63) is 70.3 Å². The van der Waals surface area contributed by atoms with Gasteiger partial charge in [0.15, 0.2) is 5.69 Å². The number of aromatic nitrogens is 3. The van der Waals surface area contributed by atoms with E-state index in [4.69, 9.17) is 16.3 Å². The lowest BCUT2D eigenvalue weighted by atomic mass is 10.2. The quantitative estimate of drug-likeness (QED) is 0.344. The van der Waals surface area contributed by atoms with Crippen LogP contribution in [0.4, 0.5) is 5.69 Å². The zero-order valence-electron chi connectivity index (χ0n) is 21.0. The van der Waals surface area contributed by atoms with Gasteiger partial charge in [-0.15, -0.1) is 12.4 Å². The van der Waals surface area contributed by atoms with Gasteiger partial charge in [0.2, 0.25) is 0 Å². The minimum Gasteiger partial charge on any atom is -0.493 e. The fourth-order valence-corrected chi connectivity index (χ4v) is 3.67. The Morgan fingerprint density at radius 3 is 2.54 bits per heavy atom. The number of rotatable bonds is 11. The summed E-state index contributed by atoms with van der Waals surface area (Å²) < 4.78 is 7.74. The number of carbonyl (C=O) groups is 1. The van der Waals surface area contributed by atoms with Crippen LogP contribution in [0.2, 0.25) is 5.02 Å². The van der Waals surface area contributed by atoms with Crippen LogP contribution >= 0.6 is 24.0 Å². The number of aryl methyl sites for hydroxylation is 1. The van der Waals surface area contributed by atoms with Gasteiger partial charge in [0.05, 0.1) is 30.7 Å². The summed E-state index contributed by atoms with van der Waals surface area (Å²) >= 11 is 6.23. The number of nitrogens with one attached hydrogen (secondary N) is 1. The summed E-state index contributed by atoms with van der Waals surface area (Å²) in [5.41, 5.74) is 3.74. The number of nitrogens with zero attached hydrogens (tertiary/aromatic N) is 4. The molecule has 0 bridgehead atoms. The molecule has 7 nitrogen and oxygen atoms in total. The maximum Gasteiger partial charge on any atom is 0.276 e. The number of hydrogen-bond donors (Lipinski definition) is 1. The lowest BCUT2D eigenvalue weighted by Gasteiger charge is -2.17. The van der Waals surface area contributed by atoms with Crippen molar-refractivity contribution in [2.75, 3.05) is 25.0 Å². The van der Waals surface area contributed by atoms with E-state index in [9.17, 15) is 4.79 Å². The zero-order chi connectivity index (χ0) is 24.7. The molecule has 3 rings (SSSR count). The lowest BCUT2D eigenvalue weighted by molar-refractivity contribution is 0.102. The first-order valence-corrected chi connectivity index (χ1v) is 12.1. The molecular weight excluding hydrogens is 485 g/mol. The molecule has 190 valence electrons. The third kappa shape index (κ3) is 8.23. The highest BCUT2D eigenvalue weighted by Crippen LogP contribution is 2.25. The predicted molar refractivity (Wildman–Crippen MR) is 144 cm³/mol. The summed E-state index contributed by atoms with van der Waals surface area (Å²) in [6.07, 6.45) is 1.69. The highest BCUT2D eigenvalue weighted by Gasteiger charge is 2.15. The molecule has 0 spiro atoms. The first kappa shape index (κ1) is 28.6. The summed E-state index contributed by atoms with van der Waals surface area (Å²) in [6.45, 7) is 14.2. The van der Waals surface area contributed by atoms with E-state index >= 15 is 0 Å². The Morgan fingerprint density at radius 2 is 1.91 bits per heavy atom. The summed E-state index contributed by atoms with van der Waals surface area (Å²) in [6, 6.07) is 11.2. The molecule has 1 aromatic carbocycles. The molecule has 2 heterocycles. The second kappa shape index (κ2) is 13.5. The van der Waals surface area contributed by atoms with Crippen LogP contribution in [0.3, 0.4) is 0 Å². The number of benzene rings is 1. The predicted octanol–water partition coefficient (Wildman–Crippen LogP) is 5.84. The van der Waals surface area contributed by atoms with E-state index in [2.05, 4.69) is 48.0 Å². The standard InChI is InChI=1S/C26H34ClN5O2.ClH/c1-6-31(7-2)16-23-10-9-22(14-28-23)29-26(33)24-12-19(5)32(30-24)15-20-13-21(27)8-11-25(20)34-17-18(3)4;/h8-14,18H,6-7,15-17H2,1-5H3,(H,29,33);1H. The summed E-state index contributed by atoms with van der Waals surface area (Å²) in [5.74, 6) is 0.906.